The van der Waals surface area contributed by atoms with Crippen LogP contribution in [-0.4, -0.2) is 18.7 Å². The fourth-order valence-electron chi connectivity index (χ4n) is 1.79. The van der Waals surface area contributed by atoms with Crippen molar-refractivity contribution in [3.05, 3.63) is 71.6 Å². The van der Waals surface area contributed by atoms with Crippen LogP contribution >= 0.6 is 0 Å². The summed E-state index contributed by atoms with van der Waals surface area (Å²) in [6.45, 7) is 1.57. The standard InChI is InChI=1S/C18H17FN2O2/c1-14(11-15-7-3-2-4-8-15)12-20-21-18(22)13-23-17-10-6-5-9-16(17)19/h2-12H,13H2,1H3,(H,21,22)/b14-11+,20-12+. The number of amides is 1. The zero-order valence-corrected chi connectivity index (χ0v) is 12.7. The molecule has 0 aromatic heterocycles. The van der Waals surface area contributed by atoms with E-state index >= 15 is 0 Å². The molecule has 0 fully saturated rings. The minimum atomic E-state index is -0.509. The van der Waals surface area contributed by atoms with Crippen molar-refractivity contribution in [2.24, 2.45) is 5.10 Å². The van der Waals surface area contributed by atoms with Crippen LogP contribution in [0.3, 0.4) is 0 Å². The molecule has 0 spiro atoms. The number of halogens is 1. The zero-order valence-electron chi connectivity index (χ0n) is 12.7. The third-order valence-electron chi connectivity index (χ3n) is 2.85. The first-order valence-electron chi connectivity index (χ1n) is 7.08. The molecular weight excluding hydrogens is 295 g/mol. The zero-order chi connectivity index (χ0) is 16.5. The molecule has 2 rings (SSSR count). The number of benzene rings is 2. The lowest BCUT2D eigenvalue weighted by Gasteiger charge is -2.05. The predicted molar refractivity (Wildman–Crippen MR) is 88.6 cm³/mol. The molecule has 1 N–H and O–H groups in total. The van der Waals surface area contributed by atoms with Crippen molar-refractivity contribution in [3.8, 4) is 5.75 Å². The highest BCUT2D eigenvalue weighted by molar-refractivity contribution is 5.86. The molecule has 0 bridgehead atoms. The Morgan fingerprint density at radius 2 is 1.87 bits per heavy atom. The summed E-state index contributed by atoms with van der Waals surface area (Å²) in [5, 5.41) is 3.84. The van der Waals surface area contributed by atoms with E-state index in [4.69, 9.17) is 4.74 Å². The Bertz CT molecular complexity index is 712. The second kappa shape index (κ2) is 8.48. The monoisotopic (exact) mass is 312 g/mol. The molecule has 4 nitrogen and oxygen atoms in total. The summed E-state index contributed by atoms with van der Waals surface area (Å²) in [7, 11) is 0. The van der Waals surface area contributed by atoms with E-state index < -0.39 is 11.7 Å². The van der Waals surface area contributed by atoms with E-state index in [2.05, 4.69) is 10.5 Å². The normalized spacial score (nSPS) is 11.5. The van der Waals surface area contributed by atoms with E-state index in [1.807, 2.05) is 43.3 Å². The number of hydrogen-bond acceptors (Lipinski definition) is 3. The van der Waals surface area contributed by atoms with Gasteiger partial charge in [0.25, 0.3) is 5.91 Å². The highest BCUT2D eigenvalue weighted by Crippen LogP contribution is 2.14. The van der Waals surface area contributed by atoms with Gasteiger partial charge in [0.1, 0.15) is 0 Å². The van der Waals surface area contributed by atoms with E-state index in [1.165, 1.54) is 18.3 Å². The van der Waals surface area contributed by atoms with Crippen molar-refractivity contribution >= 4 is 18.2 Å². The van der Waals surface area contributed by atoms with Gasteiger partial charge in [0.2, 0.25) is 0 Å². The van der Waals surface area contributed by atoms with E-state index in [0.717, 1.165) is 11.1 Å². The van der Waals surface area contributed by atoms with Gasteiger partial charge in [0, 0.05) is 0 Å². The van der Waals surface area contributed by atoms with Crippen LogP contribution in [0.25, 0.3) is 6.08 Å². The van der Waals surface area contributed by atoms with Crippen molar-refractivity contribution in [2.45, 2.75) is 6.92 Å². The van der Waals surface area contributed by atoms with Crippen LogP contribution in [0.1, 0.15) is 12.5 Å². The van der Waals surface area contributed by atoms with Gasteiger partial charge in [0.15, 0.2) is 18.2 Å². The highest BCUT2D eigenvalue weighted by atomic mass is 19.1. The second-order valence-corrected chi connectivity index (χ2v) is 4.81. The molecule has 0 atom stereocenters. The molecule has 0 unspecified atom stereocenters. The largest absolute Gasteiger partial charge is 0.481 e. The summed E-state index contributed by atoms with van der Waals surface area (Å²) in [4.78, 5) is 11.6. The van der Waals surface area contributed by atoms with E-state index in [-0.39, 0.29) is 12.4 Å². The second-order valence-electron chi connectivity index (χ2n) is 4.81. The van der Waals surface area contributed by atoms with Gasteiger partial charge in [-0.3, -0.25) is 4.79 Å². The van der Waals surface area contributed by atoms with Gasteiger partial charge in [-0.05, 0) is 30.2 Å². The van der Waals surface area contributed by atoms with Gasteiger partial charge < -0.3 is 4.74 Å². The fraction of sp³-hybridized carbons (Fsp3) is 0.111. The lowest BCUT2D eigenvalue weighted by molar-refractivity contribution is -0.123. The number of hydrazone groups is 1. The first-order chi connectivity index (χ1) is 11.1. The molecular formula is C18H17FN2O2. The molecule has 0 saturated carbocycles. The Morgan fingerprint density at radius 1 is 1.17 bits per heavy atom. The molecule has 118 valence electrons. The molecule has 0 aliphatic rings. The maximum atomic E-state index is 13.3. The van der Waals surface area contributed by atoms with Crippen LogP contribution in [0.15, 0.2) is 65.3 Å². The minimum Gasteiger partial charge on any atom is -0.481 e. The van der Waals surface area contributed by atoms with Crippen molar-refractivity contribution < 1.29 is 13.9 Å². The molecule has 0 saturated heterocycles. The predicted octanol–water partition coefficient (Wildman–Crippen LogP) is 3.41. The first kappa shape index (κ1) is 16.4. The molecule has 23 heavy (non-hydrogen) atoms. The minimum absolute atomic E-state index is 0.0341. The molecule has 2 aromatic rings. The highest BCUT2D eigenvalue weighted by Gasteiger charge is 2.04. The number of allylic oxidation sites excluding steroid dienone is 1. The summed E-state index contributed by atoms with van der Waals surface area (Å²) in [6, 6.07) is 15.7. The van der Waals surface area contributed by atoms with Gasteiger partial charge in [-0.2, -0.15) is 5.10 Å². The smallest absolute Gasteiger partial charge is 0.277 e. The number of nitrogens with one attached hydrogen (secondary N) is 1. The summed E-state index contributed by atoms with van der Waals surface area (Å²) in [5.74, 6) is -0.936. The Hall–Kier alpha value is -2.95. The van der Waals surface area contributed by atoms with Crippen LogP contribution in [0, 0.1) is 5.82 Å². The van der Waals surface area contributed by atoms with Crippen LogP contribution in [0.4, 0.5) is 4.39 Å². The summed E-state index contributed by atoms with van der Waals surface area (Å²) in [5.41, 5.74) is 4.26. The van der Waals surface area contributed by atoms with Crippen molar-refractivity contribution in [3.63, 3.8) is 0 Å². The molecule has 0 aliphatic carbocycles. The van der Waals surface area contributed by atoms with Crippen LogP contribution in [0.2, 0.25) is 0 Å². The SMILES string of the molecule is CC(/C=N/NC(=O)COc1ccccc1F)=C\c1ccccc1. The van der Waals surface area contributed by atoms with Crippen LogP contribution < -0.4 is 10.2 Å². The molecule has 0 radical (unpaired) electrons. The van der Waals surface area contributed by atoms with Gasteiger partial charge in [-0.25, -0.2) is 9.82 Å². The van der Waals surface area contributed by atoms with Gasteiger partial charge in [0.05, 0.1) is 6.21 Å². The van der Waals surface area contributed by atoms with Crippen LogP contribution in [-0.2, 0) is 4.79 Å². The number of carbonyl (C=O) groups is 1. The molecule has 0 aliphatic heterocycles. The van der Waals surface area contributed by atoms with Crippen molar-refractivity contribution in [1.82, 2.24) is 5.43 Å². The Balaban J connectivity index is 1.80. The Kier molecular flexibility index (Phi) is 6.06. The summed E-state index contributed by atoms with van der Waals surface area (Å²) < 4.78 is 18.4. The number of rotatable bonds is 6. The topological polar surface area (TPSA) is 50.7 Å². The maximum absolute atomic E-state index is 13.3. The van der Waals surface area contributed by atoms with E-state index in [9.17, 15) is 9.18 Å². The van der Waals surface area contributed by atoms with E-state index in [0.29, 0.717) is 0 Å². The first-order valence-corrected chi connectivity index (χ1v) is 7.08. The number of nitrogens with zero attached hydrogens (tertiary/aromatic N) is 1. The average molecular weight is 312 g/mol. The summed E-state index contributed by atoms with van der Waals surface area (Å²) >= 11 is 0. The molecule has 5 heteroatoms. The number of para-hydroxylation sites is 1. The fourth-order valence-corrected chi connectivity index (χ4v) is 1.79. The number of hydrogen-bond donors (Lipinski definition) is 1. The number of ether oxygens (including phenoxy) is 1. The molecule has 1 amide bonds. The van der Waals surface area contributed by atoms with Gasteiger partial charge in [-0.1, -0.05) is 48.5 Å². The quantitative estimate of drug-likeness (QED) is 0.656. The van der Waals surface area contributed by atoms with Crippen LogP contribution in [0.5, 0.6) is 5.75 Å². The maximum Gasteiger partial charge on any atom is 0.277 e. The Labute approximate surface area is 134 Å². The lowest BCUT2D eigenvalue weighted by Crippen LogP contribution is -2.24. The van der Waals surface area contributed by atoms with E-state index in [1.54, 1.807) is 12.1 Å². The van der Waals surface area contributed by atoms with Crippen molar-refractivity contribution in [2.75, 3.05) is 6.61 Å². The van der Waals surface area contributed by atoms with Crippen molar-refractivity contribution in [1.29, 1.82) is 0 Å². The third-order valence-corrected chi connectivity index (χ3v) is 2.85. The Morgan fingerprint density at radius 3 is 2.61 bits per heavy atom. The lowest BCUT2D eigenvalue weighted by atomic mass is 10.1. The molecule has 0 heterocycles. The number of carbonyl (C=O) groups excluding carboxylic acids is 1. The average Bonchev–Trinajstić information content (AvgIpc) is 2.55. The third kappa shape index (κ3) is 5.74. The summed E-state index contributed by atoms with van der Waals surface area (Å²) in [6.07, 6.45) is 3.47. The van der Waals surface area contributed by atoms with Gasteiger partial charge >= 0.3 is 0 Å². The van der Waals surface area contributed by atoms with Gasteiger partial charge in [-0.15, -0.1) is 0 Å². The molecule has 2 aromatic carbocycles.